The molecule has 4 aliphatic carbocycles. The Bertz CT molecular complexity index is 1560. The number of ether oxygens (including phenoxy) is 2. The summed E-state index contributed by atoms with van der Waals surface area (Å²) in [6.45, 7) is 11.7. The molecule has 0 saturated heterocycles. The zero-order valence-corrected chi connectivity index (χ0v) is 27.0. The SMILES string of the molecule is CC(=O)[C@H]1[C@H](OC(=O)c2ccccc2)C[C@@]2(C)[C@@H]3CC=C4[C@@H](C[C@H](OC(=O)c5ccccc5)[C@@H](O)C4(C)C)[C@]3(C)C(=O)C[C@]12C. The zero-order valence-electron chi connectivity index (χ0n) is 27.0. The maximum atomic E-state index is 14.6. The van der Waals surface area contributed by atoms with Crippen LogP contribution in [0.15, 0.2) is 72.3 Å². The zero-order chi connectivity index (χ0) is 32.5. The van der Waals surface area contributed by atoms with Crippen LogP contribution in [0, 0.1) is 39.4 Å². The molecular formula is C38H44O7. The van der Waals surface area contributed by atoms with Crippen molar-refractivity contribution in [2.75, 3.05) is 0 Å². The number of Topliss-reactive ketones (excluding diaryl/α,β-unsaturated/α-hetero) is 2. The fourth-order valence-corrected chi connectivity index (χ4v) is 9.99. The number of carbonyl (C=O) groups excluding carboxylic acids is 4. The van der Waals surface area contributed by atoms with E-state index in [0.717, 1.165) is 5.57 Å². The van der Waals surface area contributed by atoms with Gasteiger partial charge in [-0.3, -0.25) is 9.59 Å². The van der Waals surface area contributed by atoms with Crippen molar-refractivity contribution in [2.24, 2.45) is 39.4 Å². The average Bonchev–Trinajstić information content (AvgIpc) is 3.22. The molecule has 0 bridgehead atoms. The Balaban J connectivity index is 1.36. The smallest absolute Gasteiger partial charge is 0.338 e. The first-order valence-electron chi connectivity index (χ1n) is 16.1. The third-order valence-electron chi connectivity index (χ3n) is 12.6. The van der Waals surface area contributed by atoms with Gasteiger partial charge in [0.2, 0.25) is 0 Å². The quantitative estimate of drug-likeness (QED) is 0.308. The first-order chi connectivity index (χ1) is 21.2. The Labute approximate surface area is 265 Å². The molecule has 3 saturated carbocycles. The van der Waals surface area contributed by atoms with Gasteiger partial charge in [0.15, 0.2) is 0 Å². The number of fused-ring (bicyclic) bond motifs is 5. The normalized spacial score (nSPS) is 38.2. The van der Waals surface area contributed by atoms with Gasteiger partial charge in [-0.25, -0.2) is 9.59 Å². The summed E-state index contributed by atoms with van der Waals surface area (Å²) in [5, 5.41) is 11.5. The van der Waals surface area contributed by atoms with Crippen molar-refractivity contribution in [3.8, 4) is 0 Å². The van der Waals surface area contributed by atoms with Crippen LogP contribution >= 0.6 is 0 Å². The lowest BCUT2D eigenvalue weighted by Gasteiger charge is -2.64. The molecule has 4 aliphatic rings. The molecule has 0 spiro atoms. The average molecular weight is 613 g/mol. The van der Waals surface area contributed by atoms with E-state index >= 15 is 0 Å². The van der Waals surface area contributed by atoms with Crippen molar-refractivity contribution in [2.45, 2.75) is 85.5 Å². The highest BCUT2D eigenvalue weighted by molar-refractivity contribution is 5.92. The van der Waals surface area contributed by atoms with E-state index < -0.39 is 57.8 Å². The second-order valence-electron chi connectivity index (χ2n) is 15.0. The van der Waals surface area contributed by atoms with E-state index in [-0.39, 0.29) is 29.8 Å². The molecule has 45 heavy (non-hydrogen) atoms. The largest absolute Gasteiger partial charge is 0.458 e. The van der Waals surface area contributed by atoms with Crippen LogP contribution in [0.4, 0.5) is 0 Å². The second kappa shape index (κ2) is 10.8. The van der Waals surface area contributed by atoms with Gasteiger partial charge >= 0.3 is 11.9 Å². The highest BCUT2D eigenvalue weighted by atomic mass is 16.6. The Morgan fingerprint density at radius 2 is 1.33 bits per heavy atom. The molecule has 0 amide bonds. The molecule has 238 valence electrons. The van der Waals surface area contributed by atoms with Gasteiger partial charge in [0.25, 0.3) is 0 Å². The molecule has 6 rings (SSSR count). The van der Waals surface area contributed by atoms with Crippen LogP contribution in [-0.2, 0) is 19.1 Å². The van der Waals surface area contributed by atoms with Crippen LogP contribution < -0.4 is 0 Å². The van der Waals surface area contributed by atoms with Crippen molar-refractivity contribution in [1.82, 2.24) is 0 Å². The number of hydrogen-bond donors (Lipinski definition) is 1. The minimum atomic E-state index is -0.942. The summed E-state index contributed by atoms with van der Waals surface area (Å²) in [6.07, 6.45) is 1.37. The van der Waals surface area contributed by atoms with E-state index in [1.165, 1.54) is 0 Å². The minimum absolute atomic E-state index is 0.0738. The predicted molar refractivity (Wildman–Crippen MR) is 168 cm³/mol. The predicted octanol–water partition coefficient (Wildman–Crippen LogP) is 6.39. The minimum Gasteiger partial charge on any atom is -0.458 e. The molecule has 2 aromatic carbocycles. The highest BCUT2D eigenvalue weighted by Gasteiger charge is 2.73. The standard InChI is InChI=1S/C38H44O7/c1-22(39)31-28(45-34(43)24-15-11-8-12-16-24)20-36(4)29-18-17-25-26(38(29,6)30(40)21-37(31,36)5)19-27(32(41)35(25,2)3)44-33(42)23-13-9-7-10-14-23/h7-17,26-29,31-32,41H,18-21H2,1-6H3/t26-,27+,28-,29+,31+,32-,36+,37-,38+/m1/s1. The van der Waals surface area contributed by atoms with E-state index in [9.17, 15) is 24.3 Å². The molecule has 1 N–H and O–H groups in total. The number of esters is 2. The Kier molecular flexibility index (Phi) is 7.51. The summed E-state index contributed by atoms with van der Waals surface area (Å²) < 4.78 is 12.1. The van der Waals surface area contributed by atoms with Crippen LogP contribution in [0.2, 0.25) is 0 Å². The van der Waals surface area contributed by atoms with Crippen LogP contribution in [0.5, 0.6) is 0 Å². The number of ketones is 2. The van der Waals surface area contributed by atoms with Gasteiger partial charge in [-0.15, -0.1) is 0 Å². The van der Waals surface area contributed by atoms with Gasteiger partial charge < -0.3 is 14.6 Å². The van der Waals surface area contributed by atoms with Crippen LogP contribution in [-0.4, -0.2) is 46.9 Å². The molecule has 0 unspecified atom stereocenters. The van der Waals surface area contributed by atoms with Gasteiger partial charge in [0.1, 0.15) is 23.8 Å². The Morgan fingerprint density at radius 3 is 1.87 bits per heavy atom. The van der Waals surface area contributed by atoms with E-state index in [2.05, 4.69) is 13.0 Å². The Morgan fingerprint density at radius 1 is 0.800 bits per heavy atom. The van der Waals surface area contributed by atoms with E-state index in [1.807, 2.05) is 39.8 Å². The topological polar surface area (TPSA) is 107 Å². The lowest BCUT2D eigenvalue weighted by molar-refractivity contribution is -0.176. The lowest BCUT2D eigenvalue weighted by Crippen LogP contribution is -2.64. The van der Waals surface area contributed by atoms with Gasteiger partial charge in [-0.05, 0) is 73.1 Å². The maximum Gasteiger partial charge on any atom is 0.338 e. The van der Waals surface area contributed by atoms with Crippen molar-refractivity contribution in [1.29, 1.82) is 0 Å². The lowest BCUT2D eigenvalue weighted by atomic mass is 9.38. The van der Waals surface area contributed by atoms with Crippen LogP contribution in [0.3, 0.4) is 0 Å². The fourth-order valence-electron chi connectivity index (χ4n) is 9.99. The van der Waals surface area contributed by atoms with Crippen molar-refractivity contribution < 1.29 is 33.8 Å². The second-order valence-corrected chi connectivity index (χ2v) is 15.0. The number of benzene rings is 2. The molecule has 0 aliphatic heterocycles. The number of aliphatic hydroxyl groups is 1. The monoisotopic (exact) mass is 612 g/mol. The van der Waals surface area contributed by atoms with Gasteiger partial charge in [-0.2, -0.15) is 0 Å². The molecule has 9 atom stereocenters. The number of aliphatic hydroxyl groups excluding tert-OH is 1. The third kappa shape index (κ3) is 4.56. The van der Waals surface area contributed by atoms with Crippen molar-refractivity contribution in [3.63, 3.8) is 0 Å². The number of hydrogen-bond acceptors (Lipinski definition) is 7. The van der Waals surface area contributed by atoms with E-state index in [0.29, 0.717) is 30.4 Å². The Hall–Kier alpha value is -3.58. The molecular weight excluding hydrogens is 568 g/mol. The summed E-state index contributed by atoms with van der Waals surface area (Å²) in [7, 11) is 0. The number of allylic oxidation sites excluding steroid dienone is 1. The molecule has 0 heterocycles. The van der Waals surface area contributed by atoms with Crippen molar-refractivity contribution >= 4 is 23.5 Å². The highest BCUT2D eigenvalue weighted by Crippen LogP contribution is 2.73. The van der Waals surface area contributed by atoms with Gasteiger partial charge in [-0.1, -0.05) is 82.7 Å². The van der Waals surface area contributed by atoms with E-state index in [4.69, 9.17) is 9.47 Å². The molecule has 0 aromatic heterocycles. The molecule has 3 fully saturated rings. The molecule has 7 nitrogen and oxygen atoms in total. The third-order valence-corrected chi connectivity index (χ3v) is 12.6. The van der Waals surface area contributed by atoms with Crippen LogP contribution in [0.25, 0.3) is 0 Å². The number of carbonyl (C=O) groups is 4. The molecule has 7 heteroatoms. The van der Waals surface area contributed by atoms with E-state index in [1.54, 1.807) is 55.5 Å². The molecule has 0 radical (unpaired) electrons. The fraction of sp³-hybridized carbons (Fsp3) is 0.526. The summed E-state index contributed by atoms with van der Waals surface area (Å²) >= 11 is 0. The molecule has 2 aromatic rings. The van der Waals surface area contributed by atoms with Crippen LogP contribution in [0.1, 0.15) is 87.9 Å². The first kappa shape index (κ1) is 31.4. The summed E-state index contributed by atoms with van der Waals surface area (Å²) in [4.78, 5) is 54.4. The maximum absolute atomic E-state index is 14.6. The van der Waals surface area contributed by atoms with Gasteiger partial charge in [0, 0.05) is 17.3 Å². The summed E-state index contributed by atoms with van der Waals surface area (Å²) in [6, 6.07) is 17.5. The first-order valence-corrected chi connectivity index (χ1v) is 16.1. The summed E-state index contributed by atoms with van der Waals surface area (Å²) in [5.41, 5.74) is -0.920. The summed E-state index contributed by atoms with van der Waals surface area (Å²) in [5.74, 6) is -2.00. The number of rotatable bonds is 5. The van der Waals surface area contributed by atoms with Crippen molar-refractivity contribution in [3.05, 3.63) is 83.4 Å². The van der Waals surface area contributed by atoms with Gasteiger partial charge in [0.05, 0.1) is 23.1 Å².